The van der Waals surface area contributed by atoms with E-state index >= 15 is 0 Å². The summed E-state index contributed by atoms with van der Waals surface area (Å²) in [7, 11) is 1.47. The highest BCUT2D eigenvalue weighted by molar-refractivity contribution is 5.86. The highest BCUT2D eigenvalue weighted by Crippen LogP contribution is 1.99. The number of amides is 3. The van der Waals surface area contributed by atoms with Gasteiger partial charge in [0.2, 0.25) is 5.91 Å². The van der Waals surface area contributed by atoms with Crippen LogP contribution in [-0.2, 0) is 9.59 Å². The van der Waals surface area contributed by atoms with Gasteiger partial charge in [-0.3, -0.25) is 4.79 Å². The maximum atomic E-state index is 11.9. The molecule has 0 aromatic carbocycles. The first-order chi connectivity index (χ1) is 9.37. The highest BCUT2D eigenvalue weighted by Gasteiger charge is 2.22. The topological polar surface area (TPSA) is 90.0 Å². The van der Waals surface area contributed by atoms with E-state index in [4.69, 9.17) is 5.11 Å². The van der Waals surface area contributed by atoms with Crippen molar-refractivity contribution in [2.75, 3.05) is 26.7 Å². The first-order valence-corrected chi connectivity index (χ1v) is 6.89. The molecule has 0 unspecified atom stereocenters. The molecule has 0 spiro atoms. The fourth-order valence-electron chi connectivity index (χ4n) is 1.76. The Hall–Kier alpha value is -1.79. The van der Waals surface area contributed by atoms with Gasteiger partial charge in [0.1, 0.15) is 12.6 Å². The van der Waals surface area contributed by atoms with Crippen molar-refractivity contribution in [2.45, 2.75) is 39.7 Å². The number of likely N-dealkylation sites (N-methyl/N-ethyl adjacent to an activating group) is 2. The number of urea groups is 1. The zero-order valence-corrected chi connectivity index (χ0v) is 12.7. The van der Waals surface area contributed by atoms with Crippen molar-refractivity contribution in [3.05, 3.63) is 0 Å². The molecule has 0 saturated heterocycles. The van der Waals surface area contributed by atoms with Gasteiger partial charge < -0.3 is 20.2 Å². The average Bonchev–Trinajstić information content (AvgIpc) is 2.39. The molecule has 7 heteroatoms. The summed E-state index contributed by atoms with van der Waals surface area (Å²) in [5, 5.41) is 11.4. The summed E-state index contributed by atoms with van der Waals surface area (Å²) in [6, 6.07) is -1.47. The molecular weight excluding hydrogens is 262 g/mol. The summed E-state index contributed by atoms with van der Waals surface area (Å²) < 4.78 is 0. The molecule has 0 rings (SSSR count). The Bertz CT molecular complexity index is 343. The van der Waals surface area contributed by atoms with Crippen molar-refractivity contribution in [1.82, 2.24) is 15.1 Å². The molecule has 0 fully saturated rings. The predicted octanol–water partition coefficient (Wildman–Crippen LogP) is 0.750. The van der Waals surface area contributed by atoms with Crippen LogP contribution in [-0.4, -0.2) is 65.5 Å². The van der Waals surface area contributed by atoms with Crippen LogP contribution in [0.4, 0.5) is 4.79 Å². The first-order valence-electron chi connectivity index (χ1n) is 6.89. The van der Waals surface area contributed by atoms with Gasteiger partial charge in [0.25, 0.3) is 0 Å². The molecule has 0 aliphatic heterocycles. The zero-order valence-electron chi connectivity index (χ0n) is 12.7. The largest absolute Gasteiger partial charge is 0.480 e. The molecule has 0 aromatic heterocycles. The summed E-state index contributed by atoms with van der Waals surface area (Å²) in [6.07, 6.45) is 1.01. The minimum Gasteiger partial charge on any atom is -0.480 e. The first kappa shape index (κ1) is 18.2. The second-order valence-corrected chi connectivity index (χ2v) is 4.55. The molecule has 116 valence electrons. The number of aliphatic carboxylic acids is 1. The molecular formula is C13H25N3O4. The summed E-state index contributed by atoms with van der Waals surface area (Å²) in [5.41, 5.74) is 0. The normalized spacial score (nSPS) is 11.6. The highest BCUT2D eigenvalue weighted by atomic mass is 16.4. The van der Waals surface area contributed by atoms with E-state index < -0.39 is 18.0 Å². The van der Waals surface area contributed by atoms with Crippen LogP contribution in [0.5, 0.6) is 0 Å². The van der Waals surface area contributed by atoms with E-state index in [-0.39, 0.29) is 12.5 Å². The number of nitrogens with zero attached hydrogens (tertiary/aromatic N) is 2. The summed E-state index contributed by atoms with van der Waals surface area (Å²) in [6.45, 7) is 6.67. The maximum Gasteiger partial charge on any atom is 0.326 e. The number of carboxylic acids is 1. The van der Waals surface area contributed by atoms with Crippen LogP contribution in [0, 0.1) is 0 Å². The lowest BCUT2D eigenvalue weighted by atomic mass is 10.2. The maximum absolute atomic E-state index is 11.9. The average molecular weight is 287 g/mol. The monoisotopic (exact) mass is 287 g/mol. The third kappa shape index (κ3) is 5.90. The van der Waals surface area contributed by atoms with Gasteiger partial charge in [-0.15, -0.1) is 0 Å². The van der Waals surface area contributed by atoms with E-state index in [2.05, 4.69) is 5.32 Å². The molecule has 0 radical (unpaired) electrons. The molecule has 0 bridgehead atoms. The SMILES string of the molecule is CCC[C@@H](NC(=O)N(C)CC(=O)N(CC)CC)C(=O)O. The Morgan fingerprint density at radius 2 is 1.70 bits per heavy atom. The molecule has 2 N–H and O–H groups in total. The fraction of sp³-hybridized carbons (Fsp3) is 0.769. The smallest absolute Gasteiger partial charge is 0.326 e. The van der Waals surface area contributed by atoms with Gasteiger partial charge in [0, 0.05) is 20.1 Å². The van der Waals surface area contributed by atoms with Gasteiger partial charge in [-0.05, 0) is 20.3 Å². The van der Waals surface area contributed by atoms with Crippen molar-refractivity contribution in [1.29, 1.82) is 0 Å². The number of hydrogen-bond acceptors (Lipinski definition) is 3. The van der Waals surface area contributed by atoms with Crippen LogP contribution in [0.25, 0.3) is 0 Å². The van der Waals surface area contributed by atoms with Gasteiger partial charge in [-0.2, -0.15) is 0 Å². The lowest BCUT2D eigenvalue weighted by molar-refractivity contribution is -0.139. The van der Waals surface area contributed by atoms with Crippen molar-refractivity contribution >= 4 is 17.9 Å². The lowest BCUT2D eigenvalue weighted by Gasteiger charge is -2.24. The van der Waals surface area contributed by atoms with Crippen LogP contribution < -0.4 is 5.32 Å². The molecule has 0 heterocycles. The third-order valence-electron chi connectivity index (χ3n) is 3.01. The fourth-order valence-corrected chi connectivity index (χ4v) is 1.76. The Balaban J connectivity index is 4.47. The number of carbonyl (C=O) groups is 3. The second kappa shape index (κ2) is 9.17. The Morgan fingerprint density at radius 3 is 2.10 bits per heavy atom. The van der Waals surface area contributed by atoms with Gasteiger partial charge in [-0.1, -0.05) is 13.3 Å². The lowest BCUT2D eigenvalue weighted by Crippen LogP contribution is -2.49. The van der Waals surface area contributed by atoms with E-state index in [0.29, 0.717) is 25.9 Å². The van der Waals surface area contributed by atoms with Gasteiger partial charge in [-0.25, -0.2) is 9.59 Å². The van der Waals surface area contributed by atoms with Gasteiger partial charge in [0.05, 0.1) is 0 Å². The van der Waals surface area contributed by atoms with Crippen molar-refractivity contribution in [3.8, 4) is 0 Å². The van der Waals surface area contributed by atoms with E-state index in [1.165, 1.54) is 11.9 Å². The number of rotatable bonds is 8. The molecule has 0 aliphatic carbocycles. The number of carbonyl (C=O) groups excluding carboxylic acids is 2. The molecule has 0 aromatic rings. The summed E-state index contributed by atoms with van der Waals surface area (Å²) in [4.78, 5) is 37.5. The number of nitrogens with one attached hydrogen (secondary N) is 1. The summed E-state index contributed by atoms with van der Waals surface area (Å²) in [5.74, 6) is -1.22. The Kier molecular flexibility index (Phi) is 8.35. The molecule has 0 aliphatic rings. The van der Waals surface area contributed by atoms with Crippen LogP contribution >= 0.6 is 0 Å². The van der Waals surface area contributed by atoms with Crippen LogP contribution in [0.3, 0.4) is 0 Å². The summed E-state index contributed by atoms with van der Waals surface area (Å²) >= 11 is 0. The van der Waals surface area contributed by atoms with E-state index in [1.54, 1.807) is 4.90 Å². The predicted molar refractivity (Wildman–Crippen MR) is 75.4 cm³/mol. The van der Waals surface area contributed by atoms with Crippen LogP contribution in [0.1, 0.15) is 33.6 Å². The van der Waals surface area contributed by atoms with Gasteiger partial charge in [0.15, 0.2) is 0 Å². The number of hydrogen-bond donors (Lipinski definition) is 2. The second-order valence-electron chi connectivity index (χ2n) is 4.55. The minimum absolute atomic E-state index is 0.0635. The standard InChI is InChI=1S/C13H25N3O4/c1-5-8-10(12(18)19)14-13(20)15(4)9-11(17)16(6-2)7-3/h10H,5-9H2,1-4H3,(H,14,20)(H,18,19)/t10-/m1/s1. The third-order valence-corrected chi connectivity index (χ3v) is 3.01. The van der Waals surface area contributed by atoms with Crippen molar-refractivity contribution in [2.24, 2.45) is 0 Å². The Labute approximate surface area is 119 Å². The molecule has 3 amide bonds. The van der Waals surface area contributed by atoms with Gasteiger partial charge >= 0.3 is 12.0 Å². The molecule has 0 saturated carbocycles. The molecule has 20 heavy (non-hydrogen) atoms. The van der Waals surface area contributed by atoms with E-state index in [0.717, 1.165) is 0 Å². The van der Waals surface area contributed by atoms with Crippen molar-refractivity contribution < 1.29 is 19.5 Å². The Morgan fingerprint density at radius 1 is 1.15 bits per heavy atom. The van der Waals surface area contributed by atoms with Crippen molar-refractivity contribution in [3.63, 3.8) is 0 Å². The zero-order chi connectivity index (χ0) is 15.7. The van der Waals surface area contributed by atoms with E-state index in [9.17, 15) is 14.4 Å². The van der Waals surface area contributed by atoms with E-state index in [1.807, 2.05) is 20.8 Å². The van der Waals surface area contributed by atoms with Crippen LogP contribution in [0.15, 0.2) is 0 Å². The molecule has 7 nitrogen and oxygen atoms in total. The van der Waals surface area contributed by atoms with Crippen LogP contribution in [0.2, 0.25) is 0 Å². The minimum atomic E-state index is -1.07. The quantitative estimate of drug-likeness (QED) is 0.689. The number of carboxylic acid groups (broad SMARTS) is 1. The molecule has 1 atom stereocenters.